The summed E-state index contributed by atoms with van der Waals surface area (Å²) in [5.74, 6) is 0.876. The predicted molar refractivity (Wildman–Crippen MR) is 71.7 cm³/mol. The van der Waals surface area contributed by atoms with Crippen molar-refractivity contribution in [1.29, 1.82) is 0 Å². The van der Waals surface area contributed by atoms with Gasteiger partial charge >= 0.3 is 0 Å². The van der Waals surface area contributed by atoms with E-state index < -0.39 is 0 Å². The molecule has 1 aliphatic rings. The zero-order valence-electron chi connectivity index (χ0n) is 10.3. The zero-order valence-corrected chi connectivity index (χ0v) is 10.3. The van der Waals surface area contributed by atoms with Crippen LogP contribution in [0.3, 0.4) is 0 Å². The van der Waals surface area contributed by atoms with Crippen molar-refractivity contribution >= 4 is 11.6 Å². The van der Waals surface area contributed by atoms with Gasteiger partial charge in [-0.1, -0.05) is 18.7 Å². The number of nitrogens with one attached hydrogen (secondary N) is 2. The Bertz CT molecular complexity index is 426. The van der Waals surface area contributed by atoms with Crippen molar-refractivity contribution in [2.75, 3.05) is 25.0 Å². The summed E-state index contributed by atoms with van der Waals surface area (Å²) in [5, 5.41) is 6.10. The summed E-state index contributed by atoms with van der Waals surface area (Å²) in [4.78, 5) is 11.9. The van der Waals surface area contributed by atoms with Crippen molar-refractivity contribution in [2.24, 2.45) is 5.92 Å². The molecular formula is C14H18N2O2. The molecule has 1 aliphatic heterocycles. The lowest BCUT2D eigenvalue weighted by atomic mass is 10.1. The average molecular weight is 246 g/mol. The van der Waals surface area contributed by atoms with E-state index in [4.69, 9.17) is 4.74 Å². The first-order valence-electron chi connectivity index (χ1n) is 6.15. The van der Waals surface area contributed by atoms with E-state index in [1.165, 1.54) is 0 Å². The normalized spacial score (nSPS) is 18.3. The minimum atomic E-state index is 0.0703. The number of carbonyl (C=O) groups excluding carboxylic acids is 1. The highest BCUT2D eigenvalue weighted by Crippen LogP contribution is 2.19. The van der Waals surface area contributed by atoms with Crippen LogP contribution < -0.4 is 15.4 Å². The van der Waals surface area contributed by atoms with E-state index >= 15 is 0 Å². The van der Waals surface area contributed by atoms with Crippen LogP contribution in [0, 0.1) is 5.92 Å². The molecule has 1 fully saturated rings. The second-order valence-electron chi connectivity index (χ2n) is 4.31. The second-order valence-corrected chi connectivity index (χ2v) is 4.31. The van der Waals surface area contributed by atoms with Crippen LogP contribution in [-0.4, -0.2) is 25.6 Å². The summed E-state index contributed by atoms with van der Waals surface area (Å²) in [5.41, 5.74) is 0.772. The van der Waals surface area contributed by atoms with E-state index in [1.54, 1.807) is 6.08 Å². The maximum atomic E-state index is 11.9. The van der Waals surface area contributed by atoms with Gasteiger partial charge in [0.05, 0.1) is 5.92 Å². The molecule has 2 rings (SSSR count). The molecule has 1 heterocycles. The van der Waals surface area contributed by atoms with Crippen LogP contribution in [-0.2, 0) is 4.79 Å². The molecule has 4 nitrogen and oxygen atoms in total. The summed E-state index contributed by atoms with van der Waals surface area (Å²) in [6.45, 7) is 5.74. The zero-order chi connectivity index (χ0) is 12.8. The number of hydrogen-bond donors (Lipinski definition) is 2. The molecule has 4 heteroatoms. The Labute approximate surface area is 107 Å². The lowest BCUT2D eigenvalue weighted by molar-refractivity contribution is -0.119. The highest BCUT2D eigenvalue weighted by atomic mass is 16.5. The van der Waals surface area contributed by atoms with E-state index in [1.807, 2.05) is 24.3 Å². The Morgan fingerprint density at radius 1 is 1.61 bits per heavy atom. The highest BCUT2D eigenvalue weighted by Gasteiger charge is 2.22. The molecule has 1 amide bonds. The Morgan fingerprint density at radius 2 is 2.50 bits per heavy atom. The van der Waals surface area contributed by atoms with E-state index in [0.717, 1.165) is 30.9 Å². The molecule has 0 aromatic heterocycles. The smallest absolute Gasteiger partial charge is 0.228 e. The molecule has 1 saturated heterocycles. The van der Waals surface area contributed by atoms with E-state index in [-0.39, 0.29) is 11.8 Å². The van der Waals surface area contributed by atoms with Gasteiger partial charge < -0.3 is 15.4 Å². The van der Waals surface area contributed by atoms with Crippen molar-refractivity contribution in [2.45, 2.75) is 6.42 Å². The number of benzene rings is 1. The molecular weight excluding hydrogens is 228 g/mol. The molecule has 18 heavy (non-hydrogen) atoms. The minimum Gasteiger partial charge on any atom is -0.489 e. The van der Waals surface area contributed by atoms with Crippen molar-refractivity contribution in [3.05, 3.63) is 36.9 Å². The van der Waals surface area contributed by atoms with Gasteiger partial charge in [0, 0.05) is 18.3 Å². The van der Waals surface area contributed by atoms with Gasteiger partial charge in [-0.05, 0) is 25.1 Å². The van der Waals surface area contributed by atoms with Crippen molar-refractivity contribution < 1.29 is 9.53 Å². The molecule has 0 spiro atoms. The summed E-state index contributed by atoms with van der Waals surface area (Å²) in [6.07, 6.45) is 2.59. The average Bonchev–Trinajstić information content (AvgIpc) is 2.91. The van der Waals surface area contributed by atoms with Gasteiger partial charge in [0.15, 0.2) is 0 Å². The topological polar surface area (TPSA) is 50.4 Å². The highest BCUT2D eigenvalue weighted by molar-refractivity contribution is 5.93. The summed E-state index contributed by atoms with van der Waals surface area (Å²) < 4.78 is 5.42. The predicted octanol–water partition coefficient (Wildman–Crippen LogP) is 1.80. The van der Waals surface area contributed by atoms with Gasteiger partial charge in [-0.15, -0.1) is 0 Å². The Kier molecular flexibility index (Phi) is 4.36. The Morgan fingerprint density at radius 3 is 3.22 bits per heavy atom. The third-order valence-corrected chi connectivity index (χ3v) is 2.90. The molecule has 1 aromatic rings. The molecule has 0 saturated carbocycles. The summed E-state index contributed by atoms with van der Waals surface area (Å²) in [6, 6.07) is 7.40. The molecule has 2 N–H and O–H groups in total. The van der Waals surface area contributed by atoms with Crippen LogP contribution >= 0.6 is 0 Å². The molecule has 0 bridgehead atoms. The first kappa shape index (κ1) is 12.6. The van der Waals surface area contributed by atoms with E-state index in [2.05, 4.69) is 17.2 Å². The van der Waals surface area contributed by atoms with Crippen LogP contribution in [0.4, 0.5) is 5.69 Å². The Hall–Kier alpha value is -1.81. The SMILES string of the molecule is C=CCOc1cccc(NC(=O)C2CCNC2)c1. The fourth-order valence-electron chi connectivity index (χ4n) is 1.94. The number of rotatable bonds is 5. The quantitative estimate of drug-likeness (QED) is 0.779. The fourth-order valence-corrected chi connectivity index (χ4v) is 1.94. The number of ether oxygens (including phenoxy) is 1. The van der Waals surface area contributed by atoms with Gasteiger partial charge in [0.25, 0.3) is 0 Å². The van der Waals surface area contributed by atoms with Gasteiger partial charge in [-0.25, -0.2) is 0 Å². The molecule has 1 unspecified atom stereocenters. The first-order chi connectivity index (χ1) is 8.79. The number of amides is 1. The fraction of sp³-hybridized carbons (Fsp3) is 0.357. The van der Waals surface area contributed by atoms with Crippen LogP contribution in [0.25, 0.3) is 0 Å². The van der Waals surface area contributed by atoms with Crippen molar-refractivity contribution in [1.82, 2.24) is 5.32 Å². The minimum absolute atomic E-state index is 0.0703. The second kappa shape index (κ2) is 6.21. The summed E-state index contributed by atoms with van der Waals surface area (Å²) in [7, 11) is 0. The summed E-state index contributed by atoms with van der Waals surface area (Å²) >= 11 is 0. The van der Waals surface area contributed by atoms with Gasteiger partial charge in [0.2, 0.25) is 5.91 Å². The first-order valence-corrected chi connectivity index (χ1v) is 6.15. The van der Waals surface area contributed by atoms with Crippen LogP contribution in [0.5, 0.6) is 5.75 Å². The number of anilines is 1. The van der Waals surface area contributed by atoms with Crippen molar-refractivity contribution in [3.8, 4) is 5.75 Å². The molecule has 96 valence electrons. The van der Waals surface area contributed by atoms with Crippen LogP contribution in [0.2, 0.25) is 0 Å². The molecule has 1 aromatic carbocycles. The van der Waals surface area contributed by atoms with Crippen LogP contribution in [0.15, 0.2) is 36.9 Å². The lowest BCUT2D eigenvalue weighted by Gasteiger charge is -2.11. The lowest BCUT2D eigenvalue weighted by Crippen LogP contribution is -2.24. The maximum absolute atomic E-state index is 11.9. The van der Waals surface area contributed by atoms with Gasteiger partial charge in [-0.2, -0.15) is 0 Å². The molecule has 1 atom stereocenters. The largest absolute Gasteiger partial charge is 0.489 e. The number of hydrogen-bond acceptors (Lipinski definition) is 3. The van der Waals surface area contributed by atoms with Gasteiger partial charge in [-0.3, -0.25) is 4.79 Å². The molecule has 0 aliphatic carbocycles. The third-order valence-electron chi connectivity index (χ3n) is 2.90. The third kappa shape index (κ3) is 3.34. The van der Waals surface area contributed by atoms with Crippen LogP contribution in [0.1, 0.15) is 6.42 Å². The Balaban J connectivity index is 1.95. The van der Waals surface area contributed by atoms with E-state index in [0.29, 0.717) is 6.61 Å². The van der Waals surface area contributed by atoms with Crippen molar-refractivity contribution in [3.63, 3.8) is 0 Å². The van der Waals surface area contributed by atoms with Gasteiger partial charge in [0.1, 0.15) is 12.4 Å². The number of carbonyl (C=O) groups is 1. The monoisotopic (exact) mass is 246 g/mol. The molecule has 0 radical (unpaired) electrons. The van der Waals surface area contributed by atoms with E-state index in [9.17, 15) is 4.79 Å². The standard InChI is InChI=1S/C14H18N2O2/c1-2-8-18-13-5-3-4-12(9-13)16-14(17)11-6-7-15-10-11/h2-5,9,11,15H,1,6-8,10H2,(H,16,17). The maximum Gasteiger partial charge on any atom is 0.228 e.